The fraction of sp³-hybridized carbons (Fsp3) is 0.273. The Morgan fingerprint density at radius 2 is 2.35 bits per heavy atom. The quantitative estimate of drug-likeness (QED) is 0.841. The van der Waals surface area contributed by atoms with Gasteiger partial charge in [-0.2, -0.15) is 12.6 Å². The molecule has 0 aliphatic heterocycles. The largest absolute Gasteiger partial charge is 0.497 e. The average molecular weight is 268 g/mol. The van der Waals surface area contributed by atoms with Gasteiger partial charge in [-0.3, -0.25) is 4.79 Å². The third-order valence-corrected chi connectivity index (χ3v) is 3.37. The summed E-state index contributed by atoms with van der Waals surface area (Å²) in [4.78, 5) is 15.8. The van der Waals surface area contributed by atoms with Gasteiger partial charge in [0.1, 0.15) is 5.75 Å². The van der Waals surface area contributed by atoms with Crippen molar-refractivity contribution < 1.29 is 9.53 Å². The number of hydrogen-bond acceptors (Lipinski definition) is 5. The molecule has 90 valence electrons. The molecule has 0 aliphatic carbocycles. The summed E-state index contributed by atoms with van der Waals surface area (Å²) in [6, 6.07) is 5.60. The third kappa shape index (κ3) is 2.70. The number of thiol groups is 1. The Labute approximate surface area is 108 Å². The van der Waals surface area contributed by atoms with Crippen LogP contribution in [0.4, 0.5) is 5.13 Å². The van der Waals surface area contributed by atoms with E-state index in [1.807, 2.05) is 18.2 Å². The van der Waals surface area contributed by atoms with E-state index in [0.29, 0.717) is 5.13 Å². The van der Waals surface area contributed by atoms with Gasteiger partial charge in [-0.25, -0.2) is 4.98 Å². The van der Waals surface area contributed by atoms with Crippen molar-refractivity contribution in [2.45, 2.75) is 12.2 Å². The van der Waals surface area contributed by atoms with Crippen LogP contribution < -0.4 is 10.1 Å². The smallest absolute Gasteiger partial charge is 0.238 e. The summed E-state index contributed by atoms with van der Waals surface area (Å²) in [6.07, 6.45) is 0. The predicted molar refractivity (Wildman–Crippen MR) is 73.2 cm³/mol. The number of anilines is 1. The lowest BCUT2D eigenvalue weighted by atomic mass is 10.3. The second-order valence-electron chi connectivity index (χ2n) is 3.52. The topological polar surface area (TPSA) is 51.2 Å². The number of amides is 1. The number of thiazole rings is 1. The van der Waals surface area contributed by atoms with Crippen molar-refractivity contribution in [1.82, 2.24) is 4.98 Å². The Balaban J connectivity index is 2.28. The number of rotatable bonds is 3. The number of hydrogen-bond donors (Lipinski definition) is 2. The molecular formula is C11H12N2O2S2. The Hall–Kier alpha value is -1.27. The molecule has 1 atom stereocenters. The van der Waals surface area contributed by atoms with Crippen LogP contribution >= 0.6 is 24.0 Å². The molecule has 4 nitrogen and oxygen atoms in total. The van der Waals surface area contributed by atoms with Crippen molar-refractivity contribution in [1.29, 1.82) is 0 Å². The third-order valence-electron chi connectivity index (χ3n) is 2.21. The lowest BCUT2D eigenvalue weighted by Crippen LogP contribution is -2.20. The Morgan fingerprint density at radius 1 is 1.59 bits per heavy atom. The first-order valence-corrected chi connectivity index (χ1v) is 6.37. The minimum atomic E-state index is -0.350. The summed E-state index contributed by atoms with van der Waals surface area (Å²) >= 11 is 5.48. The monoisotopic (exact) mass is 268 g/mol. The van der Waals surface area contributed by atoms with Crippen LogP contribution in [-0.4, -0.2) is 23.3 Å². The zero-order chi connectivity index (χ0) is 12.4. The Morgan fingerprint density at radius 3 is 3.00 bits per heavy atom. The normalized spacial score (nSPS) is 12.4. The molecule has 6 heteroatoms. The molecule has 1 N–H and O–H groups in total. The van der Waals surface area contributed by atoms with Crippen LogP contribution in [0, 0.1) is 0 Å². The molecule has 0 aliphatic rings. The second kappa shape index (κ2) is 4.93. The first-order valence-electron chi connectivity index (χ1n) is 5.03. The molecule has 0 spiro atoms. The fourth-order valence-corrected chi connectivity index (χ4v) is 2.26. The lowest BCUT2D eigenvalue weighted by molar-refractivity contribution is -0.115. The summed E-state index contributed by atoms with van der Waals surface area (Å²) in [5.41, 5.74) is 0.845. The number of benzene rings is 1. The predicted octanol–water partition coefficient (Wildman–Crippen LogP) is 2.56. The number of fused-ring (bicyclic) bond motifs is 1. The molecule has 1 aromatic heterocycles. The van der Waals surface area contributed by atoms with Gasteiger partial charge >= 0.3 is 0 Å². The van der Waals surface area contributed by atoms with Crippen molar-refractivity contribution in [2.24, 2.45) is 0 Å². The van der Waals surface area contributed by atoms with Gasteiger partial charge in [0.25, 0.3) is 0 Å². The maximum Gasteiger partial charge on any atom is 0.238 e. The first kappa shape index (κ1) is 12.2. The van der Waals surface area contributed by atoms with Gasteiger partial charge in [0.2, 0.25) is 5.91 Å². The minimum Gasteiger partial charge on any atom is -0.497 e. The number of methoxy groups -OCH3 is 1. The molecule has 0 saturated heterocycles. The number of carbonyl (C=O) groups excluding carboxylic acids is 1. The maximum atomic E-state index is 11.5. The van der Waals surface area contributed by atoms with Gasteiger partial charge in [0, 0.05) is 0 Å². The zero-order valence-corrected chi connectivity index (χ0v) is 11.1. The van der Waals surface area contributed by atoms with Gasteiger partial charge in [-0.15, -0.1) is 0 Å². The zero-order valence-electron chi connectivity index (χ0n) is 9.43. The number of aromatic nitrogens is 1. The molecule has 2 rings (SSSR count). The van der Waals surface area contributed by atoms with Gasteiger partial charge in [-0.1, -0.05) is 11.3 Å². The first-order chi connectivity index (χ1) is 8.10. The van der Waals surface area contributed by atoms with Gasteiger partial charge in [-0.05, 0) is 25.1 Å². The molecule has 1 amide bonds. The summed E-state index contributed by atoms with van der Waals surface area (Å²) < 4.78 is 6.11. The molecule has 0 saturated carbocycles. The highest BCUT2D eigenvalue weighted by molar-refractivity contribution is 7.81. The van der Waals surface area contributed by atoms with Gasteiger partial charge in [0.15, 0.2) is 5.13 Å². The lowest BCUT2D eigenvalue weighted by Gasteiger charge is -2.02. The van der Waals surface area contributed by atoms with Gasteiger partial charge < -0.3 is 10.1 Å². The van der Waals surface area contributed by atoms with Crippen LogP contribution in [0.1, 0.15) is 6.92 Å². The highest BCUT2D eigenvalue weighted by Crippen LogP contribution is 2.29. The van der Waals surface area contributed by atoms with E-state index >= 15 is 0 Å². The van der Waals surface area contributed by atoms with E-state index in [4.69, 9.17) is 4.74 Å². The number of ether oxygens (including phenoxy) is 1. The van der Waals surface area contributed by atoms with E-state index in [0.717, 1.165) is 16.0 Å². The van der Waals surface area contributed by atoms with Crippen LogP contribution in [0.25, 0.3) is 10.2 Å². The van der Waals surface area contributed by atoms with Crippen molar-refractivity contribution in [3.63, 3.8) is 0 Å². The van der Waals surface area contributed by atoms with E-state index in [2.05, 4.69) is 22.9 Å². The van der Waals surface area contributed by atoms with E-state index in [-0.39, 0.29) is 11.2 Å². The van der Waals surface area contributed by atoms with Crippen molar-refractivity contribution in [2.75, 3.05) is 12.4 Å². The Kier molecular flexibility index (Phi) is 3.54. The van der Waals surface area contributed by atoms with Gasteiger partial charge in [0.05, 0.1) is 22.6 Å². The molecule has 1 aromatic carbocycles. The van der Waals surface area contributed by atoms with Crippen molar-refractivity contribution in [3.05, 3.63) is 18.2 Å². The number of nitrogens with zero attached hydrogens (tertiary/aromatic N) is 1. The van der Waals surface area contributed by atoms with Crippen LogP contribution in [0.15, 0.2) is 18.2 Å². The molecule has 0 radical (unpaired) electrons. The number of nitrogens with one attached hydrogen (secondary N) is 1. The molecule has 1 unspecified atom stereocenters. The second-order valence-corrected chi connectivity index (χ2v) is 5.32. The van der Waals surface area contributed by atoms with E-state index < -0.39 is 0 Å². The molecule has 0 bridgehead atoms. The molecule has 0 fully saturated rings. The standard InChI is InChI=1S/C11H12N2O2S2/c1-6(16)10(14)13-11-12-8-4-3-7(15-2)5-9(8)17-11/h3-6,16H,1-2H3,(H,12,13,14). The molecular weight excluding hydrogens is 256 g/mol. The van der Waals surface area contributed by atoms with E-state index in [1.54, 1.807) is 14.0 Å². The minimum absolute atomic E-state index is 0.153. The Bertz CT molecular complexity index is 551. The van der Waals surface area contributed by atoms with E-state index in [1.165, 1.54) is 11.3 Å². The summed E-state index contributed by atoms with van der Waals surface area (Å²) in [5.74, 6) is 0.626. The summed E-state index contributed by atoms with van der Waals surface area (Å²) in [5, 5.41) is 2.95. The highest BCUT2D eigenvalue weighted by atomic mass is 32.1. The van der Waals surface area contributed by atoms with Crippen LogP contribution in [0.2, 0.25) is 0 Å². The summed E-state index contributed by atoms with van der Waals surface area (Å²) in [7, 11) is 1.62. The van der Waals surface area contributed by atoms with Crippen LogP contribution in [0.3, 0.4) is 0 Å². The summed E-state index contributed by atoms with van der Waals surface area (Å²) in [6.45, 7) is 1.72. The SMILES string of the molecule is COc1ccc2nc(NC(=O)C(C)S)sc2c1. The van der Waals surface area contributed by atoms with Crippen LogP contribution in [-0.2, 0) is 4.79 Å². The molecule has 17 heavy (non-hydrogen) atoms. The van der Waals surface area contributed by atoms with E-state index in [9.17, 15) is 4.79 Å². The number of carbonyl (C=O) groups is 1. The molecule has 1 heterocycles. The molecule has 2 aromatic rings. The maximum absolute atomic E-state index is 11.5. The fourth-order valence-electron chi connectivity index (χ4n) is 1.30. The van der Waals surface area contributed by atoms with Crippen molar-refractivity contribution in [3.8, 4) is 5.75 Å². The van der Waals surface area contributed by atoms with Crippen LogP contribution in [0.5, 0.6) is 5.75 Å². The van der Waals surface area contributed by atoms with Crippen molar-refractivity contribution >= 4 is 45.2 Å². The average Bonchev–Trinajstić information content (AvgIpc) is 2.69. The highest BCUT2D eigenvalue weighted by Gasteiger charge is 2.11.